The second kappa shape index (κ2) is 12.2. The summed E-state index contributed by atoms with van der Waals surface area (Å²) >= 11 is 6.06. The number of guanidine groups is 1. The number of hydrogen-bond acceptors (Lipinski definition) is 2. The zero-order valence-corrected chi connectivity index (χ0v) is 19.1. The predicted molar refractivity (Wildman–Crippen MR) is 121 cm³/mol. The third kappa shape index (κ3) is 7.65. The number of halogens is 3. The predicted octanol–water partition coefficient (Wildman–Crippen LogP) is 4.10. The molecule has 0 spiro atoms. The fourth-order valence-corrected chi connectivity index (χ4v) is 2.99. The van der Waals surface area contributed by atoms with Gasteiger partial charge in [0.25, 0.3) is 0 Å². The molecular weight excluding hydrogens is 480 g/mol. The summed E-state index contributed by atoms with van der Waals surface area (Å²) in [7, 11) is 0. The second-order valence-corrected chi connectivity index (χ2v) is 6.55. The largest absolute Gasteiger partial charge is 0.357 e. The van der Waals surface area contributed by atoms with Gasteiger partial charge in [0.05, 0.1) is 5.69 Å². The standard InChI is InChI=1S/C19H27ClFN5.HI/c1-4-22-19(23-10-6-12-26-15(3)13-14(2)25-26)24-11-9-16-17(20)7-5-8-18(16)21;/h5,7-8,13H,4,6,9-12H2,1-3H3,(H2,22,23,24);1H. The van der Waals surface area contributed by atoms with E-state index in [0.29, 0.717) is 30.1 Å². The quantitative estimate of drug-likeness (QED) is 0.245. The van der Waals surface area contributed by atoms with Gasteiger partial charge in [-0.25, -0.2) is 4.39 Å². The SMILES string of the molecule is CCNC(=NCCCn1nc(C)cc1C)NCCc1c(F)cccc1Cl.I. The molecule has 0 radical (unpaired) electrons. The van der Waals surface area contributed by atoms with Crippen LogP contribution < -0.4 is 10.6 Å². The number of benzene rings is 1. The van der Waals surface area contributed by atoms with Crippen LogP contribution in [0.1, 0.15) is 30.3 Å². The summed E-state index contributed by atoms with van der Waals surface area (Å²) in [5.74, 6) is 0.458. The molecule has 0 atom stereocenters. The maximum Gasteiger partial charge on any atom is 0.191 e. The summed E-state index contributed by atoms with van der Waals surface area (Å²) in [6, 6.07) is 6.82. The molecule has 0 unspecified atom stereocenters. The smallest absolute Gasteiger partial charge is 0.191 e. The molecule has 0 saturated carbocycles. The highest BCUT2D eigenvalue weighted by Gasteiger charge is 2.07. The van der Waals surface area contributed by atoms with Crippen LogP contribution in [-0.2, 0) is 13.0 Å². The zero-order chi connectivity index (χ0) is 18.9. The van der Waals surface area contributed by atoms with Crippen LogP contribution in [0.25, 0.3) is 0 Å². The Labute approximate surface area is 182 Å². The van der Waals surface area contributed by atoms with Gasteiger partial charge in [0.15, 0.2) is 5.96 Å². The lowest BCUT2D eigenvalue weighted by Crippen LogP contribution is -2.38. The second-order valence-electron chi connectivity index (χ2n) is 6.14. The molecule has 2 aromatic rings. The minimum Gasteiger partial charge on any atom is -0.357 e. The van der Waals surface area contributed by atoms with Crippen LogP contribution in [0.5, 0.6) is 0 Å². The monoisotopic (exact) mass is 507 g/mol. The lowest BCUT2D eigenvalue weighted by molar-refractivity contribution is 0.567. The number of aryl methyl sites for hydroxylation is 3. The van der Waals surface area contributed by atoms with Gasteiger partial charge < -0.3 is 10.6 Å². The van der Waals surface area contributed by atoms with Crippen molar-refractivity contribution in [1.82, 2.24) is 20.4 Å². The highest BCUT2D eigenvalue weighted by Crippen LogP contribution is 2.18. The first-order valence-electron chi connectivity index (χ1n) is 8.97. The van der Waals surface area contributed by atoms with Crippen molar-refractivity contribution in [2.75, 3.05) is 19.6 Å². The summed E-state index contributed by atoms with van der Waals surface area (Å²) in [5.41, 5.74) is 2.73. The van der Waals surface area contributed by atoms with Gasteiger partial charge in [-0.1, -0.05) is 17.7 Å². The number of hydrogen-bond donors (Lipinski definition) is 2. The Bertz CT molecular complexity index is 727. The Kier molecular flexibility index (Phi) is 10.7. The highest BCUT2D eigenvalue weighted by molar-refractivity contribution is 14.0. The first-order valence-corrected chi connectivity index (χ1v) is 9.35. The Morgan fingerprint density at radius 3 is 2.70 bits per heavy atom. The van der Waals surface area contributed by atoms with Gasteiger partial charge >= 0.3 is 0 Å². The van der Waals surface area contributed by atoms with Gasteiger partial charge in [-0.3, -0.25) is 9.67 Å². The van der Waals surface area contributed by atoms with Crippen molar-refractivity contribution in [3.8, 4) is 0 Å². The fraction of sp³-hybridized carbons (Fsp3) is 0.474. The molecule has 0 bridgehead atoms. The van der Waals surface area contributed by atoms with Crippen molar-refractivity contribution in [2.24, 2.45) is 4.99 Å². The topological polar surface area (TPSA) is 54.2 Å². The Hall–Kier alpha value is -1.35. The molecule has 1 aromatic heterocycles. The van der Waals surface area contributed by atoms with E-state index in [1.54, 1.807) is 12.1 Å². The van der Waals surface area contributed by atoms with Crippen molar-refractivity contribution in [1.29, 1.82) is 0 Å². The molecule has 5 nitrogen and oxygen atoms in total. The van der Waals surface area contributed by atoms with E-state index in [9.17, 15) is 4.39 Å². The summed E-state index contributed by atoms with van der Waals surface area (Å²) in [6.45, 7) is 8.93. The van der Waals surface area contributed by atoms with Gasteiger partial charge in [-0.15, -0.1) is 24.0 Å². The van der Waals surface area contributed by atoms with Gasteiger partial charge in [0, 0.05) is 42.5 Å². The fourth-order valence-electron chi connectivity index (χ4n) is 2.73. The maximum atomic E-state index is 13.8. The van der Waals surface area contributed by atoms with Crippen LogP contribution in [0.15, 0.2) is 29.3 Å². The van der Waals surface area contributed by atoms with Gasteiger partial charge in [0.1, 0.15) is 5.82 Å². The molecule has 27 heavy (non-hydrogen) atoms. The van der Waals surface area contributed by atoms with Crippen molar-refractivity contribution in [3.63, 3.8) is 0 Å². The molecule has 8 heteroatoms. The minimum absolute atomic E-state index is 0. The number of aliphatic imine (C=N–C) groups is 1. The summed E-state index contributed by atoms with van der Waals surface area (Å²) < 4.78 is 15.8. The molecule has 2 N–H and O–H groups in total. The summed E-state index contributed by atoms with van der Waals surface area (Å²) in [4.78, 5) is 4.57. The van der Waals surface area contributed by atoms with Crippen molar-refractivity contribution >= 4 is 41.5 Å². The van der Waals surface area contributed by atoms with E-state index in [0.717, 1.165) is 31.2 Å². The molecule has 1 aromatic carbocycles. The molecule has 0 fully saturated rings. The van der Waals surface area contributed by atoms with Crippen LogP contribution >= 0.6 is 35.6 Å². The van der Waals surface area contributed by atoms with Crippen LogP contribution in [0, 0.1) is 19.7 Å². The zero-order valence-electron chi connectivity index (χ0n) is 16.1. The van der Waals surface area contributed by atoms with E-state index in [1.807, 2.05) is 18.5 Å². The van der Waals surface area contributed by atoms with Crippen molar-refractivity contribution in [2.45, 2.75) is 40.2 Å². The molecule has 2 rings (SSSR count). The van der Waals surface area contributed by atoms with Crippen molar-refractivity contribution in [3.05, 3.63) is 52.1 Å². The first kappa shape index (κ1) is 23.7. The van der Waals surface area contributed by atoms with Crippen LogP contribution in [0.2, 0.25) is 5.02 Å². The van der Waals surface area contributed by atoms with Crippen LogP contribution in [-0.4, -0.2) is 35.4 Å². The molecular formula is C19H28ClFIN5. The van der Waals surface area contributed by atoms with E-state index < -0.39 is 0 Å². The maximum absolute atomic E-state index is 13.8. The van der Waals surface area contributed by atoms with Crippen molar-refractivity contribution < 1.29 is 4.39 Å². The number of nitrogens with one attached hydrogen (secondary N) is 2. The van der Waals surface area contributed by atoms with Crippen LogP contribution in [0.3, 0.4) is 0 Å². The lowest BCUT2D eigenvalue weighted by atomic mass is 10.1. The Balaban J connectivity index is 0.00000364. The van der Waals surface area contributed by atoms with Gasteiger partial charge in [-0.2, -0.15) is 5.10 Å². The Morgan fingerprint density at radius 2 is 2.07 bits per heavy atom. The molecule has 0 saturated heterocycles. The Morgan fingerprint density at radius 1 is 1.30 bits per heavy atom. The average molecular weight is 508 g/mol. The number of aromatic nitrogens is 2. The minimum atomic E-state index is -0.272. The third-order valence-electron chi connectivity index (χ3n) is 3.97. The van der Waals surface area contributed by atoms with E-state index >= 15 is 0 Å². The summed E-state index contributed by atoms with van der Waals surface area (Å²) in [6.07, 6.45) is 1.40. The number of rotatable bonds is 8. The molecule has 0 aliphatic carbocycles. The first-order chi connectivity index (χ1) is 12.5. The molecule has 150 valence electrons. The molecule has 0 aliphatic heterocycles. The van der Waals surface area contributed by atoms with Gasteiger partial charge in [-0.05, 0) is 51.8 Å². The molecule has 1 heterocycles. The third-order valence-corrected chi connectivity index (χ3v) is 4.33. The van der Waals surface area contributed by atoms with E-state index in [4.69, 9.17) is 11.6 Å². The number of nitrogens with zero attached hydrogens (tertiary/aromatic N) is 3. The molecule has 0 amide bonds. The van der Waals surface area contributed by atoms with E-state index in [1.165, 1.54) is 11.8 Å². The van der Waals surface area contributed by atoms with E-state index in [2.05, 4.69) is 33.7 Å². The lowest BCUT2D eigenvalue weighted by Gasteiger charge is -2.12. The highest BCUT2D eigenvalue weighted by atomic mass is 127. The van der Waals surface area contributed by atoms with E-state index in [-0.39, 0.29) is 29.8 Å². The van der Waals surface area contributed by atoms with Crippen LogP contribution in [0.4, 0.5) is 4.39 Å². The average Bonchev–Trinajstić information content (AvgIpc) is 2.91. The summed E-state index contributed by atoms with van der Waals surface area (Å²) in [5, 5.41) is 11.3. The normalized spacial score (nSPS) is 11.2. The molecule has 0 aliphatic rings. The van der Waals surface area contributed by atoms with Gasteiger partial charge in [0.2, 0.25) is 0 Å².